The smallest absolute Gasteiger partial charge is 0.230 e. The van der Waals surface area contributed by atoms with Crippen LogP contribution in [0.25, 0.3) is 0 Å². The number of hydrogen-bond acceptors (Lipinski definition) is 4. The van der Waals surface area contributed by atoms with E-state index in [4.69, 9.17) is 5.26 Å². The minimum absolute atomic E-state index is 0.0659. The first-order chi connectivity index (χ1) is 8.11. The van der Waals surface area contributed by atoms with Gasteiger partial charge in [0.25, 0.3) is 0 Å². The van der Waals surface area contributed by atoms with E-state index in [2.05, 4.69) is 5.32 Å². The zero-order valence-corrected chi connectivity index (χ0v) is 10.9. The Morgan fingerprint density at radius 1 is 1.53 bits per heavy atom. The molecule has 2 heterocycles. The van der Waals surface area contributed by atoms with Gasteiger partial charge in [-0.1, -0.05) is 6.92 Å². The first-order valence-corrected chi connectivity index (χ1v) is 7.72. The Morgan fingerprint density at radius 2 is 2.29 bits per heavy atom. The van der Waals surface area contributed by atoms with Crippen LogP contribution in [0.2, 0.25) is 0 Å². The van der Waals surface area contributed by atoms with E-state index in [-0.39, 0.29) is 6.04 Å². The molecule has 0 aromatic carbocycles. The summed E-state index contributed by atoms with van der Waals surface area (Å²) < 4.78 is 26.3. The lowest BCUT2D eigenvalue weighted by atomic mass is 9.94. The van der Waals surface area contributed by atoms with E-state index in [0.29, 0.717) is 18.9 Å². The van der Waals surface area contributed by atoms with Crippen LogP contribution in [-0.4, -0.2) is 43.6 Å². The minimum atomic E-state index is -3.45. The highest BCUT2D eigenvalue weighted by Gasteiger charge is 2.43. The fourth-order valence-corrected chi connectivity index (χ4v) is 4.76. The molecule has 2 saturated heterocycles. The average molecular weight is 257 g/mol. The quantitative estimate of drug-likeness (QED) is 0.789. The predicted octanol–water partition coefficient (Wildman–Crippen LogP) is 0.302. The van der Waals surface area contributed by atoms with Gasteiger partial charge in [0.2, 0.25) is 10.0 Å². The molecule has 5 nitrogen and oxygen atoms in total. The fraction of sp³-hybridized carbons (Fsp3) is 0.909. The van der Waals surface area contributed by atoms with Crippen molar-refractivity contribution in [2.75, 3.05) is 19.6 Å². The number of hydrogen-bond donors (Lipinski definition) is 1. The van der Waals surface area contributed by atoms with Gasteiger partial charge in [-0.25, -0.2) is 8.42 Å². The lowest BCUT2D eigenvalue weighted by Crippen LogP contribution is -2.51. The van der Waals surface area contributed by atoms with Crippen LogP contribution >= 0.6 is 0 Å². The van der Waals surface area contributed by atoms with Crippen molar-refractivity contribution in [2.24, 2.45) is 5.92 Å². The Labute approximate surface area is 103 Å². The number of nitriles is 1. The summed E-state index contributed by atoms with van der Waals surface area (Å²) in [6, 6.07) is 1.99. The number of piperidine rings is 1. The molecule has 1 N–H and O–H groups in total. The van der Waals surface area contributed by atoms with Crippen molar-refractivity contribution >= 4 is 10.0 Å². The summed E-state index contributed by atoms with van der Waals surface area (Å²) in [5.74, 6) is 0.426. The van der Waals surface area contributed by atoms with Crippen molar-refractivity contribution in [3.05, 3.63) is 0 Å². The second kappa shape index (κ2) is 4.92. The van der Waals surface area contributed by atoms with E-state index in [1.165, 1.54) is 0 Å². The Balaban J connectivity index is 2.24. The average Bonchev–Trinajstić information content (AvgIpc) is 2.77. The van der Waals surface area contributed by atoms with E-state index in [1.54, 1.807) is 11.2 Å². The molecule has 3 unspecified atom stereocenters. The molecule has 2 rings (SSSR count). The summed E-state index contributed by atoms with van der Waals surface area (Å²) in [6.45, 7) is 3.95. The number of rotatable bonds is 3. The van der Waals surface area contributed by atoms with Gasteiger partial charge in [-0.05, 0) is 31.7 Å². The van der Waals surface area contributed by atoms with Crippen molar-refractivity contribution in [1.29, 1.82) is 5.26 Å². The van der Waals surface area contributed by atoms with Gasteiger partial charge in [0, 0.05) is 19.1 Å². The van der Waals surface area contributed by atoms with Crippen molar-refractivity contribution in [2.45, 2.75) is 37.5 Å². The number of sulfonamides is 1. The van der Waals surface area contributed by atoms with E-state index in [9.17, 15) is 8.42 Å². The van der Waals surface area contributed by atoms with Crippen molar-refractivity contribution in [3.8, 4) is 6.07 Å². The molecule has 0 saturated carbocycles. The summed E-state index contributed by atoms with van der Waals surface area (Å²) in [7, 11) is -3.45. The topological polar surface area (TPSA) is 73.2 Å². The fourth-order valence-electron chi connectivity index (χ4n) is 2.87. The van der Waals surface area contributed by atoms with E-state index < -0.39 is 15.3 Å². The summed E-state index contributed by atoms with van der Waals surface area (Å²) in [5, 5.41) is 11.3. The lowest BCUT2D eigenvalue weighted by Gasteiger charge is -2.36. The Bertz CT molecular complexity index is 415. The molecule has 6 heteroatoms. The van der Waals surface area contributed by atoms with Gasteiger partial charge < -0.3 is 5.32 Å². The third kappa shape index (κ3) is 2.19. The van der Waals surface area contributed by atoms with Crippen LogP contribution in [0.15, 0.2) is 0 Å². The molecule has 0 aromatic rings. The minimum Gasteiger partial charge on any atom is -0.315 e. The highest BCUT2D eigenvalue weighted by molar-refractivity contribution is 7.90. The van der Waals surface area contributed by atoms with Crippen molar-refractivity contribution in [1.82, 2.24) is 9.62 Å². The molecule has 0 amide bonds. The molecular weight excluding hydrogens is 238 g/mol. The zero-order valence-electron chi connectivity index (χ0n) is 10.1. The maximum absolute atomic E-state index is 12.4. The van der Waals surface area contributed by atoms with Gasteiger partial charge >= 0.3 is 0 Å². The van der Waals surface area contributed by atoms with Gasteiger partial charge in [0.15, 0.2) is 5.25 Å². The van der Waals surface area contributed by atoms with Gasteiger partial charge in [-0.2, -0.15) is 9.57 Å². The highest BCUT2D eigenvalue weighted by atomic mass is 32.2. The molecule has 0 aliphatic carbocycles. The number of fused-ring (bicyclic) bond motifs is 1. The highest BCUT2D eigenvalue weighted by Crippen LogP contribution is 2.30. The Kier molecular flexibility index (Phi) is 3.71. The van der Waals surface area contributed by atoms with Crippen LogP contribution in [0.1, 0.15) is 26.2 Å². The molecular formula is C11H19N3O2S. The number of nitrogens with zero attached hydrogens (tertiary/aromatic N) is 2. The SMILES string of the molecule is CCC(C#N)S(=O)(=O)N1CCCC2CNCC21. The second-order valence-electron chi connectivity index (χ2n) is 4.81. The first-order valence-electron chi connectivity index (χ1n) is 6.22. The maximum Gasteiger partial charge on any atom is 0.230 e. The van der Waals surface area contributed by atoms with Crippen LogP contribution in [0.4, 0.5) is 0 Å². The monoisotopic (exact) mass is 257 g/mol. The molecule has 96 valence electrons. The molecule has 2 aliphatic rings. The molecule has 2 aliphatic heterocycles. The first kappa shape index (κ1) is 12.8. The van der Waals surface area contributed by atoms with Crippen LogP contribution in [0, 0.1) is 17.2 Å². The van der Waals surface area contributed by atoms with Crippen LogP contribution in [-0.2, 0) is 10.0 Å². The molecule has 0 radical (unpaired) electrons. The third-order valence-corrected chi connectivity index (χ3v) is 6.09. The van der Waals surface area contributed by atoms with Crippen LogP contribution < -0.4 is 5.32 Å². The maximum atomic E-state index is 12.4. The second-order valence-corrected chi connectivity index (χ2v) is 6.88. The molecule has 2 fully saturated rings. The van der Waals surface area contributed by atoms with E-state index in [1.807, 2.05) is 6.07 Å². The molecule has 0 aromatic heterocycles. The molecule has 3 atom stereocenters. The van der Waals surface area contributed by atoms with Crippen molar-refractivity contribution < 1.29 is 8.42 Å². The zero-order chi connectivity index (χ0) is 12.5. The summed E-state index contributed by atoms with van der Waals surface area (Å²) in [5.41, 5.74) is 0. The van der Waals surface area contributed by atoms with Gasteiger partial charge in [-0.15, -0.1) is 0 Å². The third-order valence-electron chi connectivity index (χ3n) is 3.83. The van der Waals surface area contributed by atoms with Crippen molar-refractivity contribution in [3.63, 3.8) is 0 Å². The molecule has 0 spiro atoms. The van der Waals surface area contributed by atoms with Gasteiger partial charge in [0.1, 0.15) is 0 Å². The molecule has 0 bridgehead atoms. The molecule has 17 heavy (non-hydrogen) atoms. The van der Waals surface area contributed by atoms with Gasteiger partial charge in [0.05, 0.1) is 6.07 Å². The summed E-state index contributed by atoms with van der Waals surface area (Å²) in [4.78, 5) is 0. The van der Waals surface area contributed by atoms with Crippen LogP contribution in [0.5, 0.6) is 0 Å². The summed E-state index contributed by atoms with van der Waals surface area (Å²) >= 11 is 0. The normalized spacial score (nSPS) is 31.8. The van der Waals surface area contributed by atoms with Gasteiger partial charge in [-0.3, -0.25) is 0 Å². The Morgan fingerprint density at radius 3 is 2.94 bits per heavy atom. The number of nitrogens with one attached hydrogen (secondary N) is 1. The van der Waals surface area contributed by atoms with E-state index >= 15 is 0 Å². The Hall–Kier alpha value is -0.640. The standard InChI is InChI=1S/C11H19N3O2S/c1-2-10(6-12)17(15,16)14-5-3-4-9-7-13-8-11(9)14/h9-11,13H,2-5,7-8H2,1H3. The summed E-state index contributed by atoms with van der Waals surface area (Å²) in [6.07, 6.45) is 2.36. The van der Waals surface area contributed by atoms with Crippen LogP contribution in [0.3, 0.4) is 0 Å². The predicted molar refractivity (Wildman–Crippen MR) is 64.7 cm³/mol. The van der Waals surface area contributed by atoms with E-state index in [0.717, 1.165) is 25.9 Å². The lowest BCUT2D eigenvalue weighted by molar-refractivity contribution is 0.216. The largest absolute Gasteiger partial charge is 0.315 e.